The highest BCUT2D eigenvalue weighted by molar-refractivity contribution is 6.40. The van der Waals surface area contributed by atoms with E-state index in [-0.39, 0.29) is 18.8 Å². The van der Waals surface area contributed by atoms with E-state index in [4.69, 9.17) is 74.2 Å². The number of pyridine rings is 6. The van der Waals surface area contributed by atoms with Crippen LogP contribution in [-0.4, -0.2) is 152 Å². The van der Waals surface area contributed by atoms with E-state index in [1.807, 2.05) is 73.6 Å². The van der Waals surface area contributed by atoms with Crippen molar-refractivity contribution in [3.8, 4) is 22.5 Å². The summed E-state index contributed by atoms with van der Waals surface area (Å²) < 4.78 is 20.9. The lowest BCUT2D eigenvalue weighted by Gasteiger charge is -2.37. The van der Waals surface area contributed by atoms with Crippen molar-refractivity contribution >= 4 is 91.4 Å². The molecule has 8 aromatic heterocycles. The number of anilines is 5. The van der Waals surface area contributed by atoms with E-state index >= 15 is 0 Å². The van der Waals surface area contributed by atoms with Gasteiger partial charge in [0.2, 0.25) is 0 Å². The first kappa shape index (κ1) is 79.2. The van der Waals surface area contributed by atoms with Gasteiger partial charge in [0, 0.05) is 115 Å². The highest BCUT2D eigenvalue weighted by atomic mass is 35.5. The van der Waals surface area contributed by atoms with Crippen molar-refractivity contribution in [1.82, 2.24) is 49.5 Å². The number of morpholine rings is 3. The summed E-state index contributed by atoms with van der Waals surface area (Å²) in [6, 6.07) is 82.8. The highest BCUT2D eigenvalue weighted by Gasteiger charge is 2.43. The third-order valence-electron chi connectivity index (χ3n) is 20.5. The molecule has 580 valence electrons. The maximum atomic E-state index is 6.52. The number of nitrogens with zero attached hydrogens (tertiary/aromatic N) is 14. The summed E-state index contributed by atoms with van der Waals surface area (Å²) >= 11 is 16.1. The fourth-order valence-electron chi connectivity index (χ4n) is 15.4. The number of hydrogen-bond acceptors (Lipinski definition) is 17. The van der Waals surface area contributed by atoms with Gasteiger partial charge >= 0.3 is 0 Å². The molecule has 4 aliphatic heterocycles. The second-order valence-electron chi connectivity index (χ2n) is 28.3. The van der Waals surface area contributed by atoms with Crippen LogP contribution in [0.15, 0.2) is 279 Å². The Kier molecular flexibility index (Phi) is 25.7. The van der Waals surface area contributed by atoms with Crippen molar-refractivity contribution in [2.75, 3.05) is 110 Å². The molecule has 19 nitrogen and oxygen atoms in total. The molecule has 0 saturated carbocycles. The molecule has 22 heteroatoms. The predicted molar refractivity (Wildman–Crippen MR) is 463 cm³/mol. The van der Waals surface area contributed by atoms with Crippen molar-refractivity contribution < 1.29 is 14.2 Å². The number of halogens is 3. The lowest BCUT2D eigenvalue weighted by molar-refractivity contribution is 0.122. The zero-order valence-electron chi connectivity index (χ0n) is 63.7. The summed E-state index contributed by atoms with van der Waals surface area (Å²) in [5.74, 6) is 4.55. The van der Waals surface area contributed by atoms with Gasteiger partial charge in [0.1, 0.15) is 56.7 Å². The van der Waals surface area contributed by atoms with Gasteiger partial charge in [-0.25, -0.2) is 39.3 Å². The summed E-state index contributed by atoms with van der Waals surface area (Å²) in [5, 5.41) is 20.4. The van der Waals surface area contributed by atoms with Gasteiger partial charge in [-0.05, 0) is 116 Å². The number of hydrogen-bond donors (Lipinski definition) is 2. The smallest absolute Gasteiger partial charge is 0.138 e. The van der Waals surface area contributed by atoms with Gasteiger partial charge in [-0.15, -0.1) is 23.2 Å². The first-order valence-electron chi connectivity index (χ1n) is 38.3. The van der Waals surface area contributed by atoms with Crippen LogP contribution in [-0.2, 0) is 31.8 Å². The fourth-order valence-corrected chi connectivity index (χ4v) is 15.6. The van der Waals surface area contributed by atoms with E-state index < -0.39 is 11.1 Å². The minimum atomic E-state index is -0.782. The van der Waals surface area contributed by atoms with E-state index in [0.29, 0.717) is 44.2 Å². The van der Waals surface area contributed by atoms with Gasteiger partial charge in [0.25, 0.3) is 0 Å². The first-order valence-corrected chi connectivity index (χ1v) is 39.8. The van der Waals surface area contributed by atoms with E-state index in [1.165, 1.54) is 5.56 Å². The molecule has 114 heavy (non-hydrogen) atoms. The Morgan fingerprint density at radius 2 is 0.719 bits per heavy atom. The van der Waals surface area contributed by atoms with Crippen molar-refractivity contribution in [1.29, 1.82) is 0 Å². The second kappa shape index (κ2) is 37.0. The minimum Gasteiger partial charge on any atom is -0.378 e. The Balaban J connectivity index is 0.000000143. The van der Waals surface area contributed by atoms with Gasteiger partial charge in [0.15, 0.2) is 0 Å². The quantitative estimate of drug-likeness (QED) is 0.0469. The Hall–Kier alpha value is -11.4. The van der Waals surface area contributed by atoms with Crippen LogP contribution in [0.25, 0.3) is 44.3 Å². The van der Waals surface area contributed by atoms with Crippen LogP contribution in [0.1, 0.15) is 85.2 Å². The average Bonchev–Trinajstić information content (AvgIpc) is 1.49. The first-order chi connectivity index (χ1) is 55.5. The highest BCUT2D eigenvalue weighted by Crippen LogP contribution is 2.47. The summed E-state index contributed by atoms with van der Waals surface area (Å²) in [6.45, 7) is 18.5. The number of alkyl halides is 2. The Morgan fingerprint density at radius 1 is 0.395 bits per heavy atom. The van der Waals surface area contributed by atoms with Crippen molar-refractivity contribution in [2.24, 2.45) is 4.99 Å². The summed E-state index contributed by atoms with van der Waals surface area (Å²) in [5.41, 5.74) is 15.0. The number of aromatic nitrogens is 10. The summed E-state index contributed by atoms with van der Waals surface area (Å²) in [6.07, 6.45) is 11.3. The number of ether oxygens (including phenoxy) is 3. The molecule has 14 aromatic rings. The fraction of sp³-hybridized carbons (Fsp3) is 0.250. The van der Waals surface area contributed by atoms with Gasteiger partial charge < -0.3 is 39.5 Å². The predicted octanol–water partition coefficient (Wildman–Crippen LogP) is 18.4. The molecule has 3 fully saturated rings. The molecule has 6 aromatic carbocycles. The number of nitrogens with one attached hydrogen (secondary N) is 2. The van der Waals surface area contributed by atoms with Gasteiger partial charge in [0.05, 0.1) is 80.7 Å². The third-order valence-corrected chi connectivity index (χ3v) is 20.7. The van der Waals surface area contributed by atoms with Crippen molar-refractivity contribution in [3.63, 3.8) is 0 Å². The molecule has 0 unspecified atom stereocenters. The van der Waals surface area contributed by atoms with Crippen LogP contribution in [0, 0.1) is 0 Å². The van der Waals surface area contributed by atoms with Gasteiger partial charge in [-0.3, -0.25) is 4.99 Å². The molecule has 0 bridgehead atoms. The lowest BCUT2D eigenvalue weighted by Crippen LogP contribution is -2.38. The Morgan fingerprint density at radius 3 is 1.09 bits per heavy atom. The number of fused-ring (bicyclic) bond motifs is 3. The average molecular weight is 1580 g/mol. The van der Waals surface area contributed by atoms with Crippen molar-refractivity contribution in [2.45, 2.75) is 64.8 Å². The van der Waals surface area contributed by atoms with Crippen LogP contribution >= 0.6 is 34.8 Å². The molecule has 0 atom stereocenters. The van der Waals surface area contributed by atoms with E-state index in [9.17, 15) is 0 Å². The van der Waals surface area contributed by atoms with Crippen LogP contribution in [0.3, 0.4) is 0 Å². The standard InChI is InChI=1S/C37H36N6O.C34H28ClN5O.C19H23N5O.CH2Cl2.CH4/c1-27(2)40-34-25-32-33(26-39-34)43(41-36(32)28-18-19-38-35(24-28)42-20-22-44-23-21-42)37(29-12-6-3-7-13-29,30-14-8-4-9-15-30)31-16-10-5-11-17-31;35-31-23-29-30(24-37-31)40(38-33(29)25-16-17-36-32(22-25)39-18-20-41-21-19-39)34(26-10-4-1-5-11-26,27-12-6-2-7-13-27)28-14-8-3-9-15-28;1-13(2)23-17-10-16-15(11-21-17)12-22-19(16)14-3-4-20-18(9-14)24-5-7-25-8-6-24;2-1-3;/h3-19,24-27H,20-23H2,1-2H3,(H,39,40);1-17,22-24H,18-21H2;3-4,9-11,13H,5-8,12H2,1-2H3,(H,21,23);1H2;1H4. The van der Waals surface area contributed by atoms with Gasteiger partial charge in [-0.1, -0.05) is 201 Å². The van der Waals surface area contributed by atoms with Gasteiger partial charge in [-0.2, -0.15) is 10.2 Å². The SMILES string of the molecule is C.CC(C)Nc1cc2c(-c3ccnc(N4CCOCC4)c3)nn(C(c3ccccc3)(c3ccccc3)c3ccccc3)c2cn1.CC(C)Nc1cc2c(cn1)CN=C2c1ccnc(N2CCOCC2)c1.ClCCl.Clc1cc2c(-c3ccnc(N4CCOCC4)c3)nn(C(c3ccccc3)(c3ccccc3)c3ccccc3)c2cn1. The second-order valence-corrected chi connectivity index (χ2v) is 29.5. The van der Waals surface area contributed by atoms with Crippen LogP contribution in [0.5, 0.6) is 0 Å². The molecule has 4 aliphatic rings. The Bertz CT molecular complexity index is 5300. The maximum absolute atomic E-state index is 6.52. The molecule has 12 heterocycles. The van der Waals surface area contributed by atoms with E-state index in [2.05, 4.69) is 283 Å². The number of aliphatic imine (C=N–C) groups is 1. The topological polar surface area (TPSA) is 187 Å². The zero-order chi connectivity index (χ0) is 77.5. The largest absolute Gasteiger partial charge is 0.378 e. The molecule has 0 amide bonds. The van der Waals surface area contributed by atoms with Crippen molar-refractivity contribution in [3.05, 3.63) is 329 Å². The summed E-state index contributed by atoms with van der Waals surface area (Å²) in [7, 11) is 0. The van der Waals surface area contributed by atoms with E-state index in [0.717, 1.165) is 176 Å². The van der Waals surface area contributed by atoms with E-state index in [1.54, 1.807) is 0 Å². The third kappa shape index (κ3) is 16.9. The summed E-state index contributed by atoms with van der Waals surface area (Å²) in [4.78, 5) is 39.4. The van der Waals surface area contributed by atoms with Crippen LogP contribution in [0.4, 0.5) is 29.1 Å². The minimum absolute atomic E-state index is 0. The number of rotatable bonds is 18. The molecule has 0 aliphatic carbocycles. The lowest BCUT2D eigenvalue weighted by atomic mass is 9.77. The Labute approximate surface area is 681 Å². The molecular weight excluding hydrogens is 1480 g/mol. The zero-order valence-corrected chi connectivity index (χ0v) is 65.9. The number of benzene rings is 6. The van der Waals surface area contributed by atoms with Crippen LogP contribution in [0.2, 0.25) is 5.15 Å². The molecule has 0 radical (unpaired) electrons. The van der Waals surface area contributed by atoms with Crippen LogP contribution < -0.4 is 25.3 Å². The molecule has 3 saturated heterocycles. The molecule has 0 spiro atoms. The maximum Gasteiger partial charge on any atom is 0.138 e. The normalized spacial score (nSPS) is 14.2. The monoisotopic (exact) mass is 1570 g/mol. The molecular formula is C92H93Cl3N16O3. The molecule has 18 rings (SSSR count). The molecule has 2 N–H and O–H groups in total.